The number of carbonyl (C=O) groups is 2. The summed E-state index contributed by atoms with van der Waals surface area (Å²) < 4.78 is 6.90. The van der Waals surface area contributed by atoms with E-state index in [1.165, 1.54) is 0 Å². The maximum absolute atomic E-state index is 12.4. The first-order valence-corrected chi connectivity index (χ1v) is 10.6. The molecule has 0 bridgehead atoms. The summed E-state index contributed by atoms with van der Waals surface area (Å²) in [5.41, 5.74) is 14.8. The van der Waals surface area contributed by atoms with E-state index in [0.717, 1.165) is 36.1 Å². The van der Waals surface area contributed by atoms with Crippen LogP contribution < -0.4 is 16.8 Å². The highest BCUT2D eigenvalue weighted by molar-refractivity contribution is 6.03. The van der Waals surface area contributed by atoms with Gasteiger partial charge in [-0.05, 0) is 30.2 Å². The molecule has 0 unspecified atom stereocenters. The van der Waals surface area contributed by atoms with E-state index in [1.807, 2.05) is 24.3 Å². The monoisotopic (exact) mass is 436 g/mol. The summed E-state index contributed by atoms with van der Waals surface area (Å²) in [6, 6.07) is 9.23. The standard InChI is InChI=1S/C23H28N6O3/c1-23(2,3)12-15-11-18(32-28-15)26-17(30)10-13-4-6-14(7-5-13)20-19(22(25)31)21(24)29(27-20)16-8-9-16/h4-7,11,16H,8-10,12,24H2,1-3H3,(H2,25,31)(H,26,30). The summed E-state index contributed by atoms with van der Waals surface area (Å²) in [5, 5.41) is 11.3. The Labute approximate surface area is 186 Å². The zero-order chi connectivity index (χ0) is 23.0. The Balaban J connectivity index is 1.44. The van der Waals surface area contributed by atoms with Crippen LogP contribution in [0.5, 0.6) is 0 Å². The third-order valence-electron chi connectivity index (χ3n) is 5.21. The third kappa shape index (κ3) is 4.82. The highest BCUT2D eigenvalue weighted by Crippen LogP contribution is 2.39. The molecule has 1 aromatic carbocycles. The number of rotatable bonds is 7. The van der Waals surface area contributed by atoms with Gasteiger partial charge in [0.05, 0.1) is 18.2 Å². The number of aromatic nitrogens is 3. The molecule has 1 saturated carbocycles. The van der Waals surface area contributed by atoms with Crippen LogP contribution in [-0.4, -0.2) is 26.8 Å². The van der Waals surface area contributed by atoms with Crippen LogP contribution in [-0.2, 0) is 17.6 Å². The predicted molar refractivity (Wildman–Crippen MR) is 121 cm³/mol. The zero-order valence-corrected chi connectivity index (χ0v) is 18.5. The zero-order valence-electron chi connectivity index (χ0n) is 18.5. The van der Waals surface area contributed by atoms with Gasteiger partial charge in [0.15, 0.2) is 0 Å². The van der Waals surface area contributed by atoms with Crippen molar-refractivity contribution < 1.29 is 14.1 Å². The molecule has 2 heterocycles. The van der Waals surface area contributed by atoms with Crippen LogP contribution in [0.1, 0.15) is 61.3 Å². The fourth-order valence-electron chi connectivity index (χ4n) is 3.63. The minimum absolute atomic E-state index is 0.0768. The van der Waals surface area contributed by atoms with E-state index in [1.54, 1.807) is 10.7 Å². The molecule has 1 aliphatic rings. The topological polar surface area (TPSA) is 142 Å². The van der Waals surface area contributed by atoms with Gasteiger partial charge in [-0.2, -0.15) is 5.10 Å². The summed E-state index contributed by atoms with van der Waals surface area (Å²) >= 11 is 0. The highest BCUT2D eigenvalue weighted by atomic mass is 16.5. The van der Waals surface area contributed by atoms with Crippen molar-refractivity contribution in [3.8, 4) is 11.3 Å². The average molecular weight is 437 g/mol. The van der Waals surface area contributed by atoms with E-state index >= 15 is 0 Å². The molecule has 32 heavy (non-hydrogen) atoms. The minimum atomic E-state index is -0.606. The lowest BCUT2D eigenvalue weighted by atomic mass is 9.91. The summed E-state index contributed by atoms with van der Waals surface area (Å²) in [6.07, 6.45) is 2.89. The Hall–Kier alpha value is -3.62. The average Bonchev–Trinajstić information content (AvgIpc) is 3.35. The molecular weight excluding hydrogens is 408 g/mol. The minimum Gasteiger partial charge on any atom is -0.383 e. The third-order valence-corrected chi connectivity index (χ3v) is 5.21. The molecule has 3 aromatic rings. The van der Waals surface area contributed by atoms with Gasteiger partial charge in [-0.15, -0.1) is 0 Å². The van der Waals surface area contributed by atoms with Crippen molar-refractivity contribution in [2.24, 2.45) is 11.1 Å². The Morgan fingerprint density at radius 3 is 2.50 bits per heavy atom. The largest absolute Gasteiger partial charge is 0.383 e. The Morgan fingerprint density at radius 1 is 1.22 bits per heavy atom. The van der Waals surface area contributed by atoms with Crippen LogP contribution in [0.3, 0.4) is 0 Å². The molecule has 0 radical (unpaired) electrons. The Bertz CT molecular complexity index is 1150. The van der Waals surface area contributed by atoms with E-state index in [4.69, 9.17) is 16.0 Å². The van der Waals surface area contributed by atoms with Gasteiger partial charge in [-0.3, -0.25) is 14.9 Å². The van der Waals surface area contributed by atoms with Crippen molar-refractivity contribution in [1.82, 2.24) is 14.9 Å². The van der Waals surface area contributed by atoms with Crippen molar-refractivity contribution in [2.75, 3.05) is 11.1 Å². The number of nitrogen functional groups attached to an aromatic ring is 1. The first kappa shape index (κ1) is 21.6. The maximum Gasteiger partial charge on any atom is 0.254 e. The molecule has 0 aliphatic heterocycles. The van der Waals surface area contributed by atoms with E-state index in [9.17, 15) is 9.59 Å². The van der Waals surface area contributed by atoms with Crippen LogP contribution in [0, 0.1) is 5.41 Å². The van der Waals surface area contributed by atoms with Gasteiger partial charge < -0.3 is 16.0 Å². The molecule has 168 valence electrons. The van der Waals surface area contributed by atoms with Crippen molar-refractivity contribution in [3.05, 3.63) is 47.2 Å². The van der Waals surface area contributed by atoms with Crippen LogP contribution in [0.25, 0.3) is 11.3 Å². The lowest BCUT2D eigenvalue weighted by Gasteiger charge is -2.14. The second-order valence-electron chi connectivity index (χ2n) is 9.49. The van der Waals surface area contributed by atoms with E-state index in [2.05, 4.69) is 36.3 Å². The summed E-state index contributed by atoms with van der Waals surface area (Å²) in [7, 11) is 0. The molecule has 4 rings (SSSR count). The quantitative estimate of drug-likeness (QED) is 0.518. The van der Waals surface area contributed by atoms with Crippen LogP contribution >= 0.6 is 0 Å². The molecule has 9 heteroatoms. The number of anilines is 2. The number of hydrogen-bond donors (Lipinski definition) is 3. The molecule has 0 saturated heterocycles. The van der Waals surface area contributed by atoms with Gasteiger partial charge in [0.25, 0.3) is 5.91 Å². The summed E-state index contributed by atoms with van der Waals surface area (Å²) in [5.74, 6) is -0.184. The molecule has 2 aromatic heterocycles. The number of carbonyl (C=O) groups excluding carboxylic acids is 2. The summed E-state index contributed by atoms with van der Waals surface area (Å²) in [6.45, 7) is 6.34. The number of nitrogens with one attached hydrogen (secondary N) is 1. The van der Waals surface area contributed by atoms with Crippen LogP contribution in [0.2, 0.25) is 0 Å². The molecule has 5 N–H and O–H groups in total. The van der Waals surface area contributed by atoms with Crippen molar-refractivity contribution >= 4 is 23.5 Å². The van der Waals surface area contributed by atoms with Gasteiger partial charge >= 0.3 is 0 Å². The van der Waals surface area contributed by atoms with Gasteiger partial charge in [0, 0.05) is 11.6 Å². The first-order chi connectivity index (χ1) is 15.1. The van der Waals surface area contributed by atoms with Crippen molar-refractivity contribution in [3.63, 3.8) is 0 Å². The van der Waals surface area contributed by atoms with Crippen molar-refractivity contribution in [2.45, 2.75) is 52.5 Å². The molecular formula is C23H28N6O3. The molecule has 9 nitrogen and oxygen atoms in total. The molecule has 2 amide bonds. The predicted octanol–water partition coefficient (Wildman–Crippen LogP) is 3.32. The molecule has 1 fully saturated rings. The fourth-order valence-corrected chi connectivity index (χ4v) is 3.63. The van der Waals surface area contributed by atoms with Gasteiger partial charge in [-0.25, -0.2) is 4.68 Å². The van der Waals surface area contributed by atoms with Crippen molar-refractivity contribution in [1.29, 1.82) is 0 Å². The molecule has 0 atom stereocenters. The van der Waals surface area contributed by atoms with Gasteiger partial charge in [0.2, 0.25) is 11.8 Å². The van der Waals surface area contributed by atoms with Crippen LogP contribution in [0.4, 0.5) is 11.7 Å². The summed E-state index contributed by atoms with van der Waals surface area (Å²) in [4.78, 5) is 24.4. The van der Waals surface area contributed by atoms with E-state index < -0.39 is 5.91 Å². The van der Waals surface area contributed by atoms with Gasteiger partial charge in [-0.1, -0.05) is 50.2 Å². The number of amides is 2. The number of nitrogens with two attached hydrogens (primary N) is 2. The Morgan fingerprint density at radius 2 is 1.91 bits per heavy atom. The second kappa shape index (κ2) is 8.14. The van der Waals surface area contributed by atoms with E-state index in [-0.39, 0.29) is 29.3 Å². The first-order valence-electron chi connectivity index (χ1n) is 10.6. The fraction of sp³-hybridized carbons (Fsp3) is 0.391. The number of primary amides is 1. The number of nitrogens with zero attached hydrogens (tertiary/aromatic N) is 3. The molecule has 1 aliphatic carbocycles. The lowest BCUT2D eigenvalue weighted by Crippen LogP contribution is -2.14. The van der Waals surface area contributed by atoms with Gasteiger partial charge in [0.1, 0.15) is 17.1 Å². The molecule has 0 spiro atoms. The normalized spacial score (nSPS) is 13.8. The smallest absolute Gasteiger partial charge is 0.254 e. The number of benzene rings is 1. The Kier molecular flexibility index (Phi) is 5.50. The number of hydrogen-bond acceptors (Lipinski definition) is 6. The SMILES string of the molecule is CC(C)(C)Cc1cc(NC(=O)Cc2ccc(-c3nn(C4CC4)c(N)c3C(N)=O)cc2)on1. The highest BCUT2D eigenvalue weighted by Gasteiger charge is 2.31. The maximum atomic E-state index is 12.4. The van der Waals surface area contributed by atoms with Crippen LogP contribution in [0.15, 0.2) is 34.9 Å². The second-order valence-corrected chi connectivity index (χ2v) is 9.49. The van der Waals surface area contributed by atoms with E-state index in [0.29, 0.717) is 17.4 Å². The lowest BCUT2D eigenvalue weighted by molar-refractivity contribution is -0.115.